The van der Waals surface area contributed by atoms with Crippen molar-refractivity contribution in [2.24, 2.45) is 11.8 Å². The number of aromatic nitrogens is 2. The Kier molecular flexibility index (Phi) is 5.00. The molecule has 27 heavy (non-hydrogen) atoms. The lowest BCUT2D eigenvalue weighted by Crippen LogP contribution is -2.43. The average Bonchev–Trinajstić information content (AvgIpc) is 3.03. The van der Waals surface area contributed by atoms with E-state index in [9.17, 15) is 4.79 Å². The Labute approximate surface area is 161 Å². The molecule has 1 amide bonds. The van der Waals surface area contributed by atoms with Gasteiger partial charge in [-0.1, -0.05) is 11.6 Å². The van der Waals surface area contributed by atoms with Gasteiger partial charge >= 0.3 is 0 Å². The molecule has 0 bridgehead atoms. The molecule has 4 rings (SSSR count). The minimum atomic E-state index is 0.135. The van der Waals surface area contributed by atoms with Gasteiger partial charge in [0.15, 0.2) is 0 Å². The van der Waals surface area contributed by atoms with E-state index in [1.54, 1.807) is 6.33 Å². The molecule has 2 aliphatic rings. The maximum atomic E-state index is 12.1. The largest absolute Gasteiger partial charge is 0.355 e. The van der Waals surface area contributed by atoms with E-state index in [1.807, 2.05) is 19.0 Å². The Morgan fingerprint density at radius 1 is 1.22 bits per heavy atom. The van der Waals surface area contributed by atoms with Crippen LogP contribution >= 0.6 is 0 Å². The number of anilines is 1. The van der Waals surface area contributed by atoms with E-state index in [1.165, 1.54) is 12.0 Å². The molecule has 1 aromatic carbocycles. The van der Waals surface area contributed by atoms with Crippen LogP contribution in [0.25, 0.3) is 10.9 Å². The van der Waals surface area contributed by atoms with Gasteiger partial charge in [-0.25, -0.2) is 9.97 Å². The summed E-state index contributed by atoms with van der Waals surface area (Å²) in [7, 11) is 3.86. The summed E-state index contributed by atoms with van der Waals surface area (Å²) >= 11 is 0. The fourth-order valence-electron chi connectivity index (χ4n) is 4.70. The highest BCUT2D eigenvalue weighted by Crippen LogP contribution is 2.39. The lowest BCUT2D eigenvalue weighted by Gasteiger charge is -2.31. The van der Waals surface area contributed by atoms with Crippen molar-refractivity contribution >= 4 is 22.6 Å². The maximum absolute atomic E-state index is 12.1. The summed E-state index contributed by atoms with van der Waals surface area (Å²) in [6, 6.07) is 6.68. The van der Waals surface area contributed by atoms with Gasteiger partial charge in [0.2, 0.25) is 5.91 Å². The third-order valence-electron chi connectivity index (χ3n) is 5.94. The summed E-state index contributed by atoms with van der Waals surface area (Å²) < 4.78 is 0. The molecule has 144 valence electrons. The van der Waals surface area contributed by atoms with Crippen LogP contribution in [0.4, 0.5) is 5.82 Å². The molecule has 3 unspecified atom stereocenters. The highest BCUT2D eigenvalue weighted by molar-refractivity contribution is 5.90. The van der Waals surface area contributed by atoms with Crippen LogP contribution in [0.5, 0.6) is 0 Å². The minimum Gasteiger partial charge on any atom is -0.355 e. The maximum Gasteiger partial charge on any atom is 0.234 e. The zero-order valence-electron chi connectivity index (χ0n) is 16.5. The van der Waals surface area contributed by atoms with E-state index in [-0.39, 0.29) is 5.91 Å². The van der Waals surface area contributed by atoms with Gasteiger partial charge in [0, 0.05) is 24.5 Å². The highest BCUT2D eigenvalue weighted by Gasteiger charge is 2.38. The van der Waals surface area contributed by atoms with E-state index < -0.39 is 0 Å². The average molecular weight is 367 g/mol. The number of rotatable bonds is 4. The summed E-state index contributed by atoms with van der Waals surface area (Å²) in [5.74, 6) is 2.52. The molecule has 1 saturated heterocycles. The molecule has 0 spiro atoms. The predicted molar refractivity (Wildman–Crippen MR) is 108 cm³/mol. The first kappa shape index (κ1) is 18.2. The molecule has 6 heteroatoms. The number of hydrogen-bond donors (Lipinski definition) is 1. The molecular weight excluding hydrogens is 338 g/mol. The molecule has 6 nitrogen and oxygen atoms in total. The molecule has 3 atom stereocenters. The zero-order valence-corrected chi connectivity index (χ0v) is 16.5. The number of nitrogens with zero attached hydrogens (tertiary/aromatic N) is 4. The number of hydrogen-bond acceptors (Lipinski definition) is 5. The number of likely N-dealkylation sites (N-methyl/N-ethyl adjacent to an activating group) is 1. The van der Waals surface area contributed by atoms with Gasteiger partial charge in [-0.3, -0.25) is 4.79 Å². The molecule has 1 aromatic heterocycles. The minimum absolute atomic E-state index is 0.135. The van der Waals surface area contributed by atoms with Crippen molar-refractivity contribution in [1.82, 2.24) is 20.2 Å². The van der Waals surface area contributed by atoms with Crippen LogP contribution in [0.15, 0.2) is 24.5 Å². The third kappa shape index (κ3) is 3.90. The molecule has 1 N–H and O–H groups in total. The zero-order chi connectivity index (χ0) is 19.0. The Hall–Kier alpha value is -2.21. The number of carbonyl (C=O) groups is 1. The molecule has 1 aliphatic carbocycles. The number of fused-ring (bicyclic) bond motifs is 2. The van der Waals surface area contributed by atoms with E-state index in [0.717, 1.165) is 42.7 Å². The van der Waals surface area contributed by atoms with Crippen LogP contribution in [-0.2, 0) is 4.79 Å². The molecule has 2 heterocycles. The number of nitrogens with one attached hydrogen (secondary N) is 1. The Morgan fingerprint density at radius 3 is 2.85 bits per heavy atom. The second kappa shape index (κ2) is 7.43. The quantitative estimate of drug-likeness (QED) is 0.898. The standard InChI is InChI=1S/C21H29N5O/c1-14-4-7-19-18(8-14)21(23-13-22-19)26-10-15-5-6-17(9-16(15)11-26)24-20(27)12-25(2)3/h4,7-8,13,15-17H,5-6,9-12H2,1-3H3,(H,24,27). The monoisotopic (exact) mass is 367 g/mol. The van der Waals surface area contributed by atoms with Gasteiger partial charge in [-0.05, 0) is 64.3 Å². The van der Waals surface area contributed by atoms with Crippen molar-refractivity contribution in [1.29, 1.82) is 0 Å². The number of carbonyl (C=O) groups excluding carboxylic acids is 1. The second-order valence-electron chi connectivity index (χ2n) is 8.46. The van der Waals surface area contributed by atoms with Crippen LogP contribution in [0.3, 0.4) is 0 Å². The van der Waals surface area contributed by atoms with E-state index in [4.69, 9.17) is 0 Å². The normalized spacial score (nSPS) is 25.0. The molecule has 0 radical (unpaired) electrons. The van der Waals surface area contributed by atoms with Crippen molar-refractivity contribution in [2.45, 2.75) is 32.2 Å². The van der Waals surface area contributed by atoms with Crippen molar-refractivity contribution < 1.29 is 4.79 Å². The predicted octanol–water partition coefficient (Wildman–Crippen LogP) is 2.22. The van der Waals surface area contributed by atoms with E-state index in [0.29, 0.717) is 24.4 Å². The highest BCUT2D eigenvalue weighted by atomic mass is 16.2. The van der Waals surface area contributed by atoms with Gasteiger partial charge in [-0.15, -0.1) is 0 Å². The summed E-state index contributed by atoms with van der Waals surface area (Å²) in [6.07, 6.45) is 5.01. The van der Waals surface area contributed by atoms with Crippen molar-refractivity contribution in [2.75, 3.05) is 38.6 Å². The van der Waals surface area contributed by atoms with Crippen LogP contribution in [0.1, 0.15) is 24.8 Å². The Morgan fingerprint density at radius 2 is 2.04 bits per heavy atom. The Balaban J connectivity index is 1.46. The number of amides is 1. The van der Waals surface area contributed by atoms with Crippen molar-refractivity contribution in [3.8, 4) is 0 Å². The second-order valence-corrected chi connectivity index (χ2v) is 8.46. The summed E-state index contributed by atoms with van der Waals surface area (Å²) in [4.78, 5) is 25.5. The summed E-state index contributed by atoms with van der Waals surface area (Å²) in [5, 5.41) is 4.38. The first-order valence-corrected chi connectivity index (χ1v) is 9.90. The first-order chi connectivity index (χ1) is 13.0. The van der Waals surface area contributed by atoms with Crippen molar-refractivity contribution in [3.63, 3.8) is 0 Å². The molecule has 2 fully saturated rings. The molecule has 1 aliphatic heterocycles. The first-order valence-electron chi connectivity index (χ1n) is 9.90. The fourth-order valence-corrected chi connectivity index (χ4v) is 4.70. The fraction of sp³-hybridized carbons (Fsp3) is 0.571. The van der Waals surface area contributed by atoms with Gasteiger partial charge in [0.25, 0.3) is 0 Å². The Bertz CT molecular complexity index is 836. The molecule has 2 aromatic rings. The summed E-state index contributed by atoms with van der Waals surface area (Å²) in [6.45, 7) is 4.65. The topological polar surface area (TPSA) is 61.4 Å². The van der Waals surface area contributed by atoms with E-state index in [2.05, 4.69) is 45.3 Å². The number of benzene rings is 1. The van der Waals surface area contributed by atoms with Gasteiger partial charge in [0.05, 0.1) is 12.1 Å². The summed E-state index contributed by atoms with van der Waals surface area (Å²) in [5.41, 5.74) is 2.24. The lowest BCUT2D eigenvalue weighted by atomic mass is 9.79. The molecule has 1 saturated carbocycles. The third-order valence-corrected chi connectivity index (χ3v) is 5.94. The SMILES string of the molecule is Cc1ccc2ncnc(N3CC4CCC(NC(=O)CN(C)C)CC4C3)c2c1. The smallest absolute Gasteiger partial charge is 0.234 e. The van der Waals surface area contributed by atoms with Crippen LogP contribution in [0, 0.1) is 18.8 Å². The van der Waals surface area contributed by atoms with Crippen LogP contribution < -0.4 is 10.2 Å². The van der Waals surface area contributed by atoms with Gasteiger partial charge < -0.3 is 15.1 Å². The van der Waals surface area contributed by atoms with Crippen LogP contribution in [-0.4, -0.2) is 60.5 Å². The van der Waals surface area contributed by atoms with Gasteiger partial charge in [0.1, 0.15) is 12.1 Å². The van der Waals surface area contributed by atoms with E-state index >= 15 is 0 Å². The van der Waals surface area contributed by atoms with Crippen LogP contribution in [0.2, 0.25) is 0 Å². The lowest BCUT2D eigenvalue weighted by molar-refractivity contribution is -0.122. The number of aryl methyl sites for hydroxylation is 1. The van der Waals surface area contributed by atoms with Gasteiger partial charge in [-0.2, -0.15) is 0 Å². The van der Waals surface area contributed by atoms with Crippen molar-refractivity contribution in [3.05, 3.63) is 30.1 Å². The molecular formula is C21H29N5O.